The van der Waals surface area contributed by atoms with Gasteiger partial charge in [-0.05, 0) is 42.8 Å². The summed E-state index contributed by atoms with van der Waals surface area (Å²) in [6.07, 6.45) is 0. The van der Waals surface area contributed by atoms with Gasteiger partial charge in [0.1, 0.15) is 11.6 Å². The zero-order valence-electron chi connectivity index (χ0n) is 9.61. The highest BCUT2D eigenvalue weighted by Crippen LogP contribution is 2.28. The lowest BCUT2D eigenvalue weighted by molar-refractivity contribution is 0.340. The highest BCUT2D eigenvalue weighted by Gasteiger charge is 2.04. The predicted octanol–water partition coefficient (Wildman–Crippen LogP) is 3.47. The third kappa shape index (κ3) is 2.56. The standard InChI is InChI=1S/C14H14FNO/c1-2-17-12-6-3-10(4-7-12)13-9-11(15)5-8-14(13)16/h3-9H,2,16H2,1H3. The highest BCUT2D eigenvalue weighted by atomic mass is 19.1. The lowest BCUT2D eigenvalue weighted by atomic mass is 10.0. The molecule has 2 rings (SSSR count). The van der Waals surface area contributed by atoms with Gasteiger partial charge in [-0.25, -0.2) is 4.39 Å². The first-order valence-corrected chi connectivity index (χ1v) is 5.49. The minimum absolute atomic E-state index is 0.289. The summed E-state index contributed by atoms with van der Waals surface area (Å²) in [6.45, 7) is 2.56. The zero-order chi connectivity index (χ0) is 12.3. The molecular formula is C14H14FNO. The largest absolute Gasteiger partial charge is 0.494 e. The highest BCUT2D eigenvalue weighted by molar-refractivity contribution is 5.76. The van der Waals surface area contributed by atoms with Crippen LogP contribution in [-0.2, 0) is 0 Å². The van der Waals surface area contributed by atoms with Crippen LogP contribution in [0.5, 0.6) is 5.75 Å². The average molecular weight is 231 g/mol. The molecule has 2 aromatic rings. The Morgan fingerprint density at radius 2 is 1.82 bits per heavy atom. The van der Waals surface area contributed by atoms with Crippen LogP contribution in [-0.4, -0.2) is 6.61 Å². The smallest absolute Gasteiger partial charge is 0.123 e. The predicted molar refractivity (Wildman–Crippen MR) is 67.4 cm³/mol. The lowest BCUT2D eigenvalue weighted by Gasteiger charge is -2.07. The van der Waals surface area contributed by atoms with Crippen molar-refractivity contribution >= 4 is 5.69 Å². The Balaban J connectivity index is 2.36. The van der Waals surface area contributed by atoms with Crippen molar-refractivity contribution in [1.82, 2.24) is 0 Å². The molecule has 17 heavy (non-hydrogen) atoms. The van der Waals surface area contributed by atoms with Gasteiger partial charge in [0.2, 0.25) is 0 Å². The second-order valence-electron chi connectivity index (χ2n) is 3.69. The number of ether oxygens (including phenoxy) is 1. The molecule has 0 saturated heterocycles. The molecule has 88 valence electrons. The zero-order valence-corrected chi connectivity index (χ0v) is 9.61. The molecule has 0 saturated carbocycles. The number of hydrogen-bond donors (Lipinski definition) is 1. The summed E-state index contributed by atoms with van der Waals surface area (Å²) in [5, 5.41) is 0. The Morgan fingerprint density at radius 1 is 1.12 bits per heavy atom. The van der Waals surface area contributed by atoms with Gasteiger partial charge in [-0.1, -0.05) is 12.1 Å². The fraction of sp³-hybridized carbons (Fsp3) is 0.143. The van der Waals surface area contributed by atoms with E-state index in [0.717, 1.165) is 11.3 Å². The Kier molecular flexibility index (Phi) is 3.28. The SMILES string of the molecule is CCOc1ccc(-c2cc(F)ccc2N)cc1. The van der Waals surface area contributed by atoms with Crippen molar-refractivity contribution in [2.45, 2.75) is 6.92 Å². The van der Waals surface area contributed by atoms with Crippen molar-refractivity contribution in [2.75, 3.05) is 12.3 Å². The summed E-state index contributed by atoms with van der Waals surface area (Å²) in [4.78, 5) is 0. The van der Waals surface area contributed by atoms with Gasteiger partial charge in [-0.3, -0.25) is 0 Å². The normalized spacial score (nSPS) is 10.2. The molecule has 0 aliphatic rings. The van der Waals surface area contributed by atoms with Gasteiger partial charge >= 0.3 is 0 Å². The number of benzene rings is 2. The van der Waals surface area contributed by atoms with Crippen LogP contribution in [0.1, 0.15) is 6.92 Å². The Hall–Kier alpha value is -2.03. The van der Waals surface area contributed by atoms with Gasteiger partial charge < -0.3 is 10.5 Å². The monoisotopic (exact) mass is 231 g/mol. The van der Waals surface area contributed by atoms with E-state index in [4.69, 9.17) is 10.5 Å². The summed E-state index contributed by atoms with van der Waals surface area (Å²) < 4.78 is 18.5. The van der Waals surface area contributed by atoms with E-state index in [-0.39, 0.29) is 5.82 Å². The van der Waals surface area contributed by atoms with Gasteiger partial charge in [-0.15, -0.1) is 0 Å². The third-order valence-corrected chi connectivity index (χ3v) is 2.49. The van der Waals surface area contributed by atoms with E-state index in [9.17, 15) is 4.39 Å². The molecule has 0 unspecified atom stereocenters. The first-order chi connectivity index (χ1) is 8.20. The summed E-state index contributed by atoms with van der Waals surface area (Å²) in [5.41, 5.74) is 7.97. The van der Waals surface area contributed by atoms with Gasteiger partial charge in [0.25, 0.3) is 0 Å². The Bertz CT molecular complexity index is 508. The molecule has 0 fully saturated rings. The molecule has 0 aliphatic heterocycles. The molecule has 0 atom stereocenters. The first-order valence-electron chi connectivity index (χ1n) is 5.49. The van der Waals surface area contributed by atoms with Crippen molar-refractivity contribution in [3.05, 3.63) is 48.3 Å². The fourth-order valence-corrected chi connectivity index (χ4v) is 1.68. The number of nitrogen functional groups attached to an aromatic ring is 1. The molecule has 0 radical (unpaired) electrons. The topological polar surface area (TPSA) is 35.2 Å². The number of anilines is 1. The Labute approximate surface area is 99.8 Å². The number of rotatable bonds is 3. The van der Waals surface area contributed by atoms with Crippen molar-refractivity contribution in [3.8, 4) is 16.9 Å². The molecule has 2 N–H and O–H groups in total. The van der Waals surface area contributed by atoms with Gasteiger partial charge in [-0.2, -0.15) is 0 Å². The molecule has 0 aromatic heterocycles. The van der Waals surface area contributed by atoms with Crippen molar-refractivity contribution in [2.24, 2.45) is 0 Å². The summed E-state index contributed by atoms with van der Waals surface area (Å²) >= 11 is 0. The van der Waals surface area contributed by atoms with Crippen LogP contribution in [0.2, 0.25) is 0 Å². The van der Waals surface area contributed by atoms with E-state index < -0.39 is 0 Å². The summed E-state index contributed by atoms with van der Waals surface area (Å²) in [5.74, 6) is 0.509. The molecule has 0 amide bonds. The number of halogens is 1. The quantitative estimate of drug-likeness (QED) is 0.821. The third-order valence-electron chi connectivity index (χ3n) is 2.49. The average Bonchev–Trinajstić information content (AvgIpc) is 2.34. The first kappa shape index (κ1) is 11.5. The minimum atomic E-state index is -0.289. The van der Waals surface area contributed by atoms with Crippen molar-refractivity contribution in [3.63, 3.8) is 0 Å². The Morgan fingerprint density at radius 3 is 2.47 bits per heavy atom. The molecule has 0 bridgehead atoms. The van der Waals surface area contributed by atoms with Crippen LogP contribution < -0.4 is 10.5 Å². The molecule has 0 spiro atoms. The maximum absolute atomic E-state index is 13.2. The van der Waals surface area contributed by atoms with Crippen molar-refractivity contribution in [1.29, 1.82) is 0 Å². The van der Waals surface area contributed by atoms with Gasteiger partial charge in [0, 0.05) is 11.3 Å². The second kappa shape index (κ2) is 4.87. The number of hydrogen-bond acceptors (Lipinski definition) is 2. The van der Waals surface area contributed by atoms with E-state index in [0.29, 0.717) is 17.9 Å². The van der Waals surface area contributed by atoms with Crippen LogP contribution in [0.4, 0.5) is 10.1 Å². The molecule has 2 nitrogen and oxygen atoms in total. The van der Waals surface area contributed by atoms with Gasteiger partial charge in [0.15, 0.2) is 0 Å². The molecule has 2 aromatic carbocycles. The van der Waals surface area contributed by atoms with E-state index >= 15 is 0 Å². The minimum Gasteiger partial charge on any atom is -0.494 e. The molecule has 0 aliphatic carbocycles. The van der Waals surface area contributed by atoms with E-state index in [2.05, 4.69) is 0 Å². The number of nitrogens with two attached hydrogens (primary N) is 1. The van der Waals surface area contributed by atoms with Crippen LogP contribution >= 0.6 is 0 Å². The molecule has 0 heterocycles. The second-order valence-corrected chi connectivity index (χ2v) is 3.69. The molecule has 3 heteroatoms. The lowest BCUT2D eigenvalue weighted by Crippen LogP contribution is -1.93. The molecular weight excluding hydrogens is 217 g/mol. The van der Waals surface area contributed by atoms with E-state index in [1.54, 1.807) is 6.07 Å². The van der Waals surface area contributed by atoms with Crippen LogP contribution in [0, 0.1) is 5.82 Å². The van der Waals surface area contributed by atoms with E-state index in [1.165, 1.54) is 12.1 Å². The maximum Gasteiger partial charge on any atom is 0.123 e. The van der Waals surface area contributed by atoms with Crippen molar-refractivity contribution < 1.29 is 9.13 Å². The van der Waals surface area contributed by atoms with Crippen LogP contribution in [0.15, 0.2) is 42.5 Å². The van der Waals surface area contributed by atoms with E-state index in [1.807, 2.05) is 31.2 Å². The summed E-state index contributed by atoms with van der Waals surface area (Å²) in [6, 6.07) is 11.8. The van der Waals surface area contributed by atoms with Gasteiger partial charge in [0.05, 0.1) is 6.61 Å². The van der Waals surface area contributed by atoms with Crippen LogP contribution in [0.3, 0.4) is 0 Å². The fourth-order valence-electron chi connectivity index (χ4n) is 1.68. The maximum atomic E-state index is 13.2. The summed E-state index contributed by atoms with van der Waals surface area (Å²) in [7, 11) is 0. The van der Waals surface area contributed by atoms with Crippen LogP contribution in [0.25, 0.3) is 11.1 Å².